The van der Waals surface area contributed by atoms with E-state index in [2.05, 4.69) is 207 Å². The molecule has 10 aromatic rings. The van der Waals surface area contributed by atoms with Crippen LogP contribution in [-0.4, -0.2) is 8.07 Å². The van der Waals surface area contributed by atoms with Gasteiger partial charge in [0.1, 0.15) is 0 Å². The zero-order valence-electron chi connectivity index (χ0n) is 35.3. The van der Waals surface area contributed by atoms with Gasteiger partial charge in [-0.15, -0.1) is 0 Å². The minimum Gasteiger partial charge on any atom is -0.173 e. The van der Waals surface area contributed by atoms with Gasteiger partial charge in [-0.3, -0.25) is 0 Å². The quantitative estimate of drug-likeness (QED) is 0.120. The van der Waals surface area contributed by atoms with Crippen LogP contribution in [0.3, 0.4) is 0 Å². The minimum atomic E-state index is -2.00. The van der Waals surface area contributed by atoms with Crippen LogP contribution >= 0.6 is 0 Å². The second-order valence-electron chi connectivity index (χ2n) is 19.3. The van der Waals surface area contributed by atoms with Crippen molar-refractivity contribution >= 4 is 40.0 Å². The first-order valence-electron chi connectivity index (χ1n) is 22.8. The molecule has 0 amide bonds. The molecule has 63 heavy (non-hydrogen) atoms. The fourth-order valence-corrected chi connectivity index (χ4v) is 16.7. The predicted molar refractivity (Wildman–Crippen MR) is 264 cm³/mol. The maximum atomic E-state index is 2.66. The van der Waals surface area contributed by atoms with E-state index >= 15 is 0 Å². The molecule has 1 heterocycles. The van der Waals surface area contributed by atoms with Crippen LogP contribution in [0.25, 0.3) is 54.9 Å². The second kappa shape index (κ2) is 12.1. The van der Waals surface area contributed by atoms with Crippen molar-refractivity contribution in [3.8, 4) is 33.4 Å². The Bertz CT molecular complexity index is 3600. The lowest BCUT2D eigenvalue weighted by molar-refractivity contribution is 0.755. The fraction of sp³-hybridized carbons (Fsp3) is 0.0968. The molecular weight excluding hydrogens is 773 g/mol. The average molecular weight is 815 g/mol. The Morgan fingerprint density at radius 3 is 1.06 bits per heavy atom. The van der Waals surface area contributed by atoms with Crippen LogP contribution < -0.4 is 10.4 Å². The van der Waals surface area contributed by atoms with Crippen molar-refractivity contribution in [3.63, 3.8) is 0 Å². The number of benzene rings is 10. The van der Waals surface area contributed by atoms with Crippen molar-refractivity contribution in [1.82, 2.24) is 0 Å². The van der Waals surface area contributed by atoms with E-state index in [1.165, 1.54) is 122 Å². The summed E-state index contributed by atoms with van der Waals surface area (Å²) in [7, 11) is -2.00. The van der Waals surface area contributed by atoms with Crippen molar-refractivity contribution in [3.05, 3.63) is 261 Å². The number of fused-ring (bicyclic) bond motifs is 5. The number of hydrogen-bond acceptors (Lipinski definition) is 0. The van der Waals surface area contributed by atoms with Gasteiger partial charge in [0, 0.05) is 23.7 Å². The van der Waals surface area contributed by atoms with Gasteiger partial charge in [-0.25, -0.2) is 0 Å². The Morgan fingerprint density at radius 2 is 0.619 bits per heavy atom. The van der Waals surface area contributed by atoms with E-state index in [1.807, 2.05) is 0 Å². The molecule has 0 fully saturated rings. The maximum Gasteiger partial charge on any atom is 0.0349 e. The lowest BCUT2D eigenvalue weighted by Gasteiger charge is -2.42. The van der Waals surface area contributed by atoms with Gasteiger partial charge >= 0.3 is 0 Å². The van der Waals surface area contributed by atoms with Gasteiger partial charge < -0.3 is 0 Å². The Hall–Kier alpha value is -7.06. The van der Waals surface area contributed by atoms with E-state index in [9.17, 15) is 0 Å². The SMILES string of the molecule is C[Si-]1(C)c2ccccc2-c2cc3c(-c4ccc5c(c4)C4c6ccccc6C5c5ccccc54)c4ccccc4c(-c4ccc5c(c4)C4c6ccccc6C5c5ccccc54)c3cc21. The topological polar surface area (TPSA) is 0 Å². The summed E-state index contributed by atoms with van der Waals surface area (Å²) in [6.45, 7) is 5.12. The van der Waals surface area contributed by atoms with Crippen LogP contribution in [0.2, 0.25) is 13.1 Å². The summed E-state index contributed by atoms with van der Waals surface area (Å²) in [5.41, 5.74) is 25.7. The largest absolute Gasteiger partial charge is 0.173 e. The zero-order chi connectivity index (χ0) is 41.3. The molecule has 4 bridgehead atoms. The van der Waals surface area contributed by atoms with Gasteiger partial charge in [0.05, 0.1) is 0 Å². The molecule has 0 spiro atoms. The molecule has 6 aliphatic carbocycles. The first-order chi connectivity index (χ1) is 31.0. The van der Waals surface area contributed by atoms with Gasteiger partial charge in [0.25, 0.3) is 0 Å². The molecule has 17 rings (SSSR count). The summed E-state index contributed by atoms with van der Waals surface area (Å²) in [4.78, 5) is 0. The summed E-state index contributed by atoms with van der Waals surface area (Å²) >= 11 is 0. The normalized spacial score (nSPS) is 19.4. The molecule has 7 aliphatic rings. The molecule has 0 saturated carbocycles. The summed E-state index contributed by atoms with van der Waals surface area (Å²) in [6, 6.07) is 75.8. The van der Waals surface area contributed by atoms with Crippen LogP contribution in [0, 0.1) is 0 Å². The highest BCUT2D eigenvalue weighted by Gasteiger charge is 2.43. The van der Waals surface area contributed by atoms with E-state index in [0.29, 0.717) is 0 Å². The molecule has 10 aromatic carbocycles. The van der Waals surface area contributed by atoms with E-state index < -0.39 is 8.07 Å². The minimum absolute atomic E-state index is 0.221. The Kier molecular flexibility index (Phi) is 6.63. The summed E-state index contributed by atoms with van der Waals surface area (Å²) in [6.07, 6.45) is 0. The molecule has 0 N–H and O–H groups in total. The molecule has 295 valence electrons. The molecule has 0 unspecified atom stereocenters. The smallest absolute Gasteiger partial charge is 0.0349 e. The zero-order valence-corrected chi connectivity index (χ0v) is 36.3. The molecular formula is C62H42Si-. The number of hydrogen-bond donors (Lipinski definition) is 0. The number of rotatable bonds is 2. The highest BCUT2D eigenvalue weighted by molar-refractivity contribution is 7.04. The van der Waals surface area contributed by atoms with E-state index in [-0.39, 0.29) is 23.7 Å². The molecule has 0 radical (unpaired) electrons. The Balaban J connectivity index is 1.02. The van der Waals surface area contributed by atoms with Crippen molar-refractivity contribution in [2.24, 2.45) is 0 Å². The summed E-state index contributed by atoms with van der Waals surface area (Å²) in [5.74, 6) is 0.958. The Morgan fingerprint density at radius 1 is 0.270 bits per heavy atom. The van der Waals surface area contributed by atoms with Gasteiger partial charge in [0.15, 0.2) is 0 Å². The molecule has 1 heteroatoms. The van der Waals surface area contributed by atoms with Crippen LogP contribution in [0.15, 0.2) is 194 Å². The van der Waals surface area contributed by atoms with Crippen molar-refractivity contribution in [2.75, 3.05) is 0 Å². The van der Waals surface area contributed by atoms with Crippen molar-refractivity contribution in [2.45, 2.75) is 36.8 Å². The van der Waals surface area contributed by atoms with Crippen molar-refractivity contribution < 1.29 is 0 Å². The third-order valence-corrected chi connectivity index (χ3v) is 19.7. The lowest BCUT2D eigenvalue weighted by atomic mass is 9.61. The summed E-state index contributed by atoms with van der Waals surface area (Å²) in [5, 5.41) is 8.46. The first-order valence-corrected chi connectivity index (χ1v) is 25.8. The first kappa shape index (κ1) is 34.5. The second-order valence-corrected chi connectivity index (χ2v) is 23.7. The molecule has 0 saturated heterocycles. The van der Waals surface area contributed by atoms with Gasteiger partial charge in [0.2, 0.25) is 0 Å². The van der Waals surface area contributed by atoms with E-state index in [1.54, 1.807) is 10.4 Å². The van der Waals surface area contributed by atoms with Crippen molar-refractivity contribution in [1.29, 1.82) is 0 Å². The molecule has 0 nitrogen and oxygen atoms in total. The van der Waals surface area contributed by atoms with Crippen LogP contribution in [0.1, 0.15) is 90.4 Å². The highest BCUT2D eigenvalue weighted by atomic mass is 28.3. The standard InChI is InChI=1S/C62H42Si/c1-63(2)55-26-14-13-15-37(55)50-33-53-54(34-56(50)63)58(36-28-30-49-52(32-36)62-46-24-11-7-20-42(46)60(49)43-21-8-12-25-47(43)62)39-17-4-3-16-38(39)57(53)35-27-29-48-51(31-35)61-44-22-9-5-18-40(44)59(48)41-19-6-10-23-45(41)61/h3-34,59-62H,1-2H3/q-1. The summed E-state index contributed by atoms with van der Waals surface area (Å²) < 4.78 is 0. The monoisotopic (exact) mass is 814 g/mol. The fourth-order valence-electron chi connectivity index (χ4n) is 13.6. The average Bonchev–Trinajstić information content (AvgIpc) is 3.56. The third-order valence-electron chi connectivity index (χ3n) is 16.2. The van der Waals surface area contributed by atoms with Gasteiger partial charge in [-0.1, -0.05) is 195 Å². The maximum absolute atomic E-state index is 2.66. The van der Waals surface area contributed by atoms with Crippen LogP contribution in [0.4, 0.5) is 0 Å². The third kappa shape index (κ3) is 4.31. The van der Waals surface area contributed by atoms with Gasteiger partial charge in [-0.2, -0.15) is 23.5 Å². The highest BCUT2D eigenvalue weighted by Crippen LogP contribution is 2.59. The van der Waals surface area contributed by atoms with E-state index in [4.69, 9.17) is 0 Å². The Labute approximate surface area is 369 Å². The molecule has 0 atom stereocenters. The molecule has 1 aliphatic heterocycles. The van der Waals surface area contributed by atoms with Crippen LogP contribution in [0.5, 0.6) is 0 Å². The van der Waals surface area contributed by atoms with E-state index in [0.717, 1.165) is 0 Å². The predicted octanol–water partition coefficient (Wildman–Crippen LogP) is 14.1. The lowest BCUT2D eigenvalue weighted by Crippen LogP contribution is -2.49. The molecule has 0 aromatic heterocycles. The van der Waals surface area contributed by atoms with Crippen LogP contribution in [-0.2, 0) is 0 Å². The van der Waals surface area contributed by atoms with Gasteiger partial charge in [-0.05, 0) is 129 Å².